The molecule has 0 aliphatic rings. The fourth-order valence-corrected chi connectivity index (χ4v) is 2.09. The molecule has 0 bridgehead atoms. The molecule has 0 unspecified atom stereocenters. The maximum atomic E-state index is 9.95. The number of benzene rings is 1. The normalized spacial score (nSPS) is 11.6. The van der Waals surface area contributed by atoms with E-state index in [9.17, 15) is 10.2 Å². The van der Waals surface area contributed by atoms with Crippen molar-refractivity contribution in [3.8, 4) is 5.75 Å². The second kappa shape index (κ2) is 7.35. The standard InChI is InChI=1S/C15H13Cl2N3O2/c1-9-15(22)12(11(8-21)5-18-9)7-20-19-6-10-3-2-4-13(16)14(10)17/h2-7,21-22H,8H2,1H3/b19-6+,20-7+. The lowest BCUT2D eigenvalue weighted by atomic mass is 10.1. The van der Waals surface area contributed by atoms with Crippen LogP contribution in [0.4, 0.5) is 0 Å². The molecule has 7 heteroatoms. The second-order valence-electron chi connectivity index (χ2n) is 4.42. The van der Waals surface area contributed by atoms with Crippen molar-refractivity contribution in [2.24, 2.45) is 10.2 Å². The van der Waals surface area contributed by atoms with Crippen molar-refractivity contribution in [1.29, 1.82) is 0 Å². The van der Waals surface area contributed by atoms with Gasteiger partial charge in [-0.3, -0.25) is 4.98 Å². The Balaban J connectivity index is 2.25. The Morgan fingerprint density at radius 1 is 1.23 bits per heavy atom. The smallest absolute Gasteiger partial charge is 0.145 e. The van der Waals surface area contributed by atoms with Crippen LogP contribution in [0.2, 0.25) is 10.0 Å². The molecule has 2 N–H and O–H groups in total. The van der Waals surface area contributed by atoms with Gasteiger partial charge in [-0.2, -0.15) is 10.2 Å². The first-order valence-corrected chi connectivity index (χ1v) is 7.09. The molecule has 0 aliphatic carbocycles. The summed E-state index contributed by atoms with van der Waals surface area (Å²) in [5.74, 6) is -0.0358. The molecule has 1 heterocycles. The lowest BCUT2D eigenvalue weighted by Gasteiger charge is -2.06. The zero-order valence-electron chi connectivity index (χ0n) is 11.7. The first-order valence-electron chi connectivity index (χ1n) is 6.33. The van der Waals surface area contributed by atoms with Crippen LogP contribution in [-0.4, -0.2) is 27.6 Å². The number of hydrogen-bond acceptors (Lipinski definition) is 5. The Hall–Kier alpha value is -1.95. The fourth-order valence-electron chi connectivity index (χ4n) is 1.73. The van der Waals surface area contributed by atoms with Crippen molar-refractivity contribution in [1.82, 2.24) is 4.98 Å². The van der Waals surface area contributed by atoms with Gasteiger partial charge in [0.2, 0.25) is 0 Å². The summed E-state index contributed by atoms with van der Waals surface area (Å²) in [6.07, 6.45) is 4.28. The molecule has 0 atom stereocenters. The Morgan fingerprint density at radius 3 is 2.68 bits per heavy atom. The van der Waals surface area contributed by atoms with Crippen LogP contribution in [0.1, 0.15) is 22.4 Å². The number of aromatic hydroxyl groups is 1. The summed E-state index contributed by atoms with van der Waals surface area (Å²) in [6, 6.07) is 5.18. The van der Waals surface area contributed by atoms with Crippen molar-refractivity contribution in [3.63, 3.8) is 0 Å². The maximum absolute atomic E-state index is 9.95. The van der Waals surface area contributed by atoms with Crippen molar-refractivity contribution < 1.29 is 10.2 Å². The second-order valence-corrected chi connectivity index (χ2v) is 5.21. The third-order valence-corrected chi connectivity index (χ3v) is 3.79. The number of hydrogen-bond donors (Lipinski definition) is 2. The zero-order valence-corrected chi connectivity index (χ0v) is 13.2. The molecule has 0 amide bonds. The summed E-state index contributed by atoms with van der Waals surface area (Å²) in [4.78, 5) is 3.97. The Labute approximate surface area is 137 Å². The minimum absolute atomic E-state index is 0.0358. The van der Waals surface area contributed by atoms with E-state index in [1.807, 2.05) is 0 Å². The van der Waals surface area contributed by atoms with Gasteiger partial charge in [0, 0.05) is 22.9 Å². The van der Waals surface area contributed by atoms with E-state index in [2.05, 4.69) is 15.2 Å². The predicted octanol–water partition coefficient (Wildman–Crippen LogP) is 3.35. The highest BCUT2D eigenvalue weighted by molar-refractivity contribution is 6.43. The topological polar surface area (TPSA) is 78.1 Å². The largest absolute Gasteiger partial charge is 0.505 e. The molecule has 5 nitrogen and oxygen atoms in total. The molecule has 0 saturated heterocycles. The summed E-state index contributed by atoms with van der Waals surface area (Å²) >= 11 is 11.9. The molecule has 1 aromatic carbocycles. The van der Waals surface area contributed by atoms with E-state index in [1.165, 1.54) is 18.6 Å². The predicted molar refractivity (Wildman–Crippen MR) is 88.2 cm³/mol. The zero-order chi connectivity index (χ0) is 16.1. The SMILES string of the molecule is Cc1ncc(CO)c(/C=N/N=C/c2cccc(Cl)c2Cl)c1O. The summed E-state index contributed by atoms with van der Waals surface area (Å²) in [5.41, 5.74) is 1.91. The lowest BCUT2D eigenvalue weighted by molar-refractivity contribution is 0.280. The minimum Gasteiger partial charge on any atom is -0.505 e. The summed E-state index contributed by atoms with van der Waals surface area (Å²) < 4.78 is 0. The Morgan fingerprint density at radius 2 is 1.95 bits per heavy atom. The quantitative estimate of drug-likeness (QED) is 0.663. The van der Waals surface area contributed by atoms with E-state index in [1.54, 1.807) is 25.1 Å². The van der Waals surface area contributed by atoms with Gasteiger partial charge in [0.1, 0.15) is 5.75 Å². The van der Waals surface area contributed by atoms with Gasteiger partial charge in [-0.15, -0.1) is 0 Å². The van der Waals surface area contributed by atoms with Gasteiger partial charge in [-0.05, 0) is 13.0 Å². The number of aliphatic hydroxyl groups excluding tert-OH is 1. The number of aryl methyl sites for hydroxylation is 1. The highest BCUT2D eigenvalue weighted by Gasteiger charge is 2.09. The molecular weight excluding hydrogens is 325 g/mol. The van der Waals surface area contributed by atoms with Crippen molar-refractivity contribution in [3.05, 3.63) is 56.8 Å². The monoisotopic (exact) mass is 337 g/mol. The van der Waals surface area contributed by atoms with Gasteiger partial charge in [-0.1, -0.05) is 35.3 Å². The van der Waals surface area contributed by atoms with Crippen LogP contribution in [0, 0.1) is 6.92 Å². The van der Waals surface area contributed by atoms with Crippen molar-refractivity contribution in [2.45, 2.75) is 13.5 Å². The van der Waals surface area contributed by atoms with E-state index >= 15 is 0 Å². The van der Waals surface area contributed by atoms with Gasteiger partial charge < -0.3 is 10.2 Å². The third-order valence-electron chi connectivity index (χ3n) is 2.96. The van der Waals surface area contributed by atoms with Crippen molar-refractivity contribution >= 4 is 35.6 Å². The Bertz CT molecular complexity index is 746. The number of aliphatic hydroxyl groups is 1. The van der Waals surface area contributed by atoms with E-state index < -0.39 is 0 Å². The lowest BCUT2D eigenvalue weighted by Crippen LogP contribution is -1.97. The van der Waals surface area contributed by atoms with Gasteiger partial charge in [-0.25, -0.2) is 0 Å². The number of pyridine rings is 1. The van der Waals surface area contributed by atoms with Crippen LogP contribution in [0.3, 0.4) is 0 Å². The van der Waals surface area contributed by atoms with Gasteiger partial charge >= 0.3 is 0 Å². The van der Waals surface area contributed by atoms with E-state index in [-0.39, 0.29) is 12.4 Å². The molecule has 114 valence electrons. The van der Waals surface area contributed by atoms with E-state index in [0.717, 1.165) is 0 Å². The molecule has 0 saturated carbocycles. The van der Waals surface area contributed by atoms with Crippen LogP contribution in [0.5, 0.6) is 5.75 Å². The fraction of sp³-hybridized carbons (Fsp3) is 0.133. The molecule has 2 rings (SSSR count). The molecule has 0 fully saturated rings. The first kappa shape index (κ1) is 16.4. The van der Waals surface area contributed by atoms with Crippen LogP contribution in [0.15, 0.2) is 34.6 Å². The maximum Gasteiger partial charge on any atom is 0.145 e. The first-order chi connectivity index (χ1) is 10.5. The molecule has 1 aromatic heterocycles. The average molecular weight is 338 g/mol. The molecule has 2 aromatic rings. The van der Waals surface area contributed by atoms with Crippen LogP contribution in [0.25, 0.3) is 0 Å². The van der Waals surface area contributed by atoms with Gasteiger partial charge in [0.05, 0.1) is 34.8 Å². The number of aromatic nitrogens is 1. The van der Waals surface area contributed by atoms with Gasteiger partial charge in [0.15, 0.2) is 0 Å². The van der Waals surface area contributed by atoms with E-state index in [0.29, 0.717) is 32.4 Å². The minimum atomic E-state index is -0.258. The Kier molecular flexibility index (Phi) is 5.49. The number of rotatable bonds is 4. The molecular formula is C15H13Cl2N3O2. The third kappa shape index (κ3) is 3.62. The van der Waals surface area contributed by atoms with Crippen LogP contribution in [-0.2, 0) is 6.61 Å². The average Bonchev–Trinajstić information content (AvgIpc) is 2.51. The molecule has 0 radical (unpaired) electrons. The highest BCUT2D eigenvalue weighted by Crippen LogP contribution is 2.24. The number of halogens is 2. The summed E-state index contributed by atoms with van der Waals surface area (Å²) in [5, 5.41) is 27.8. The van der Waals surface area contributed by atoms with Crippen molar-refractivity contribution in [2.75, 3.05) is 0 Å². The van der Waals surface area contributed by atoms with E-state index in [4.69, 9.17) is 23.2 Å². The van der Waals surface area contributed by atoms with Gasteiger partial charge in [0.25, 0.3) is 0 Å². The molecule has 0 spiro atoms. The van der Waals surface area contributed by atoms with Crippen LogP contribution >= 0.6 is 23.2 Å². The highest BCUT2D eigenvalue weighted by atomic mass is 35.5. The summed E-state index contributed by atoms with van der Waals surface area (Å²) in [7, 11) is 0. The summed E-state index contributed by atoms with van der Waals surface area (Å²) in [6.45, 7) is 1.40. The number of nitrogens with zero attached hydrogens (tertiary/aromatic N) is 3. The molecule has 22 heavy (non-hydrogen) atoms. The van der Waals surface area contributed by atoms with Crippen LogP contribution < -0.4 is 0 Å². The molecule has 0 aliphatic heterocycles.